The highest BCUT2D eigenvalue weighted by Crippen LogP contribution is 2.32. The number of likely N-dealkylation sites (tertiary alicyclic amines) is 1. The molecule has 0 atom stereocenters. The molecule has 1 aliphatic heterocycles. The molecule has 1 amide bonds. The van der Waals surface area contributed by atoms with E-state index in [0.29, 0.717) is 17.3 Å². The summed E-state index contributed by atoms with van der Waals surface area (Å²) in [7, 11) is 1.91. The summed E-state index contributed by atoms with van der Waals surface area (Å²) >= 11 is 0. The van der Waals surface area contributed by atoms with Crippen molar-refractivity contribution in [3.05, 3.63) is 33.9 Å². The number of carbonyl (C=O) groups is 1. The molecule has 1 aromatic carbocycles. The molecule has 0 spiro atoms. The number of hydrogen-bond donors (Lipinski definition) is 1. The highest BCUT2D eigenvalue weighted by atomic mass is 16.6. The van der Waals surface area contributed by atoms with Crippen LogP contribution in [0, 0.1) is 10.1 Å². The van der Waals surface area contributed by atoms with Crippen molar-refractivity contribution < 1.29 is 9.72 Å². The van der Waals surface area contributed by atoms with E-state index in [1.54, 1.807) is 12.1 Å². The second-order valence-corrected chi connectivity index (χ2v) is 7.56. The first-order chi connectivity index (χ1) is 12.2. The number of amides is 1. The molecule has 144 valence electrons. The van der Waals surface area contributed by atoms with Crippen molar-refractivity contribution in [3.8, 4) is 0 Å². The monoisotopic (exact) mass is 362 g/mol. The Morgan fingerprint density at radius 2 is 1.88 bits per heavy atom. The zero-order valence-corrected chi connectivity index (χ0v) is 16.4. The van der Waals surface area contributed by atoms with E-state index >= 15 is 0 Å². The molecule has 1 fully saturated rings. The molecular formula is C19H30N4O3. The number of benzene rings is 1. The van der Waals surface area contributed by atoms with Crippen molar-refractivity contribution in [1.82, 2.24) is 10.2 Å². The third-order valence-electron chi connectivity index (χ3n) is 5.01. The molecule has 1 aromatic rings. The molecule has 0 aliphatic carbocycles. The Kier molecular flexibility index (Phi) is 6.58. The fourth-order valence-corrected chi connectivity index (χ4v) is 3.44. The van der Waals surface area contributed by atoms with Gasteiger partial charge in [-0.3, -0.25) is 14.9 Å². The molecule has 0 aromatic heterocycles. The number of nitrogens with one attached hydrogen (secondary N) is 1. The fraction of sp³-hybridized carbons (Fsp3) is 0.632. The minimum absolute atomic E-state index is 0.0183. The first-order valence-corrected chi connectivity index (χ1v) is 9.27. The van der Waals surface area contributed by atoms with Gasteiger partial charge in [-0.05, 0) is 52.7 Å². The summed E-state index contributed by atoms with van der Waals surface area (Å²) in [5, 5.41) is 14.4. The molecule has 1 aliphatic rings. The maximum atomic E-state index is 12.2. The lowest BCUT2D eigenvalue weighted by atomic mass is 10.0. The van der Waals surface area contributed by atoms with Crippen molar-refractivity contribution in [3.63, 3.8) is 0 Å². The van der Waals surface area contributed by atoms with E-state index in [1.807, 2.05) is 25.8 Å². The number of carbonyl (C=O) groups excluding carboxylic acids is 1. The largest absolute Gasteiger partial charge is 0.366 e. The predicted molar refractivity (Wildman–Crippen MR) is 104 cm³/mol. The minimum atomic E-state index is -0.402. The van der Waals surface area contributed by atoms with Crippen LogP contribution in [0.5, 0.6) is 0 Å². The van der Waals surface area contributed by atoms with Crippen molar-refractivity contribution in [2.75, 3.05) is 25.0 Å². The van der Waals surface area contributed by atoms with Crippen molar-refractivity contribution in [2.45, 2.75) is 58.7 Å². The van der Waals surface area contributed by atoms with Gasteiger partial charge in [0, 0.05) is 49.9 Å². The summed E-state index contributed by atoms with van der Waals surface area (Å²) < 4.78 is 0. The molecule has 1 saturated heterocycles. The average Bonchev–Trinajstić information content (AvgIpc) is 2.60. The second-order valence-electron chi connectivity index (χ2n) is 7.56. The van der Waals surface area contributed by atoms with Crippen molar-refractivity contribution >= 4 is 17.3 Å². The van der Waals surface area contributed by atoms with Crippen LogP contribution >= 0.6 is 0 Å². The van der Waals surface area contributed by atoms with Crippen LogP contribution in [0.15, 0.2) is 18.2 Å². The summed E-state index contributed by atoms with van der Waals surface area (Å²) in [6.07, 6.45) is 1.95. The number of rotatable bonds is 6. The third kappa shape index (κ3) is 4.72. The molecule has 7 heteroatoms. The zero-order valence-electron chi connectivity index (χ0n) is 16.4. The van der Waals surface area contributed by atoms with Gasteiger partial charge in [-0.15, -0.1) is 0 Å². The summed E-state index contributed by atoms with van der Waals surface area (Å²) in [6.45, 7) is 10.1. The van der Waals surface area contributed by atoms with E-state index in [1.165, 1.54) is 6.07 Å². The number of nitro benzene ring substituents is 1. The van der Waals surface area contributed by atoms with Crippen LogP contribution in [-0.4, -0.2) is 54.0 Å². The van der Waals surface area contributed by atoms with Gasteiger partial charge in [0.1, 0.15) is 5.69 Å². The Labute approximate surface area is 155 Å². The van der Waals surface area contributed by atoms with Gasteiger partial charge in [-0.1, -0.05) is 0 Å². The van der Waals surface area contributed by atoms with Crippen LogP contribution in [0.25, 0.3) is 0 Å². The topological polar surface area (TPSA) is 78.7 Å². The van der Waals surface area contributed by atoms with Gasteiger partial charge in [-0.2, -0.15) is 0 Å². The van der Waals surface area contributed by atoms with Gasteiger partial charge in [0.2, 0.25) is 0 Å². The second kappa shape index (κ2) is 8.49. The number of nitro groups is 1. The van der Waals surface area contributed by atoms with Gasteiger partial charge in [0.05, 0.1) is 4.92 Å². The number of anilines is 1. The molecule has 0 bridgehead atoms. The fourth-order valence-electron chi connectivity index (χ4n) is 3.44. The summed E-state index contributed by atoms with van der Waals surface area (Å²) in [4.78, 5) is 27.8. The van der Waals surface area contributed by atoms with Crippen LogP contribution in [-0.2, 0) is 0 Å². The number of nitrogens with zero attached hydrogens (tertiary/aromatic N) is 3. The van der Waals surface area contributed by atoms with Gasteiger partial charge in [-0.25, -0.2) is 0 Å². The van der Waals surface area contributed by atoms with Crippen LogP contribution < -0.4 is 10.2 Å². The summed E-state index contributed by atoms with van der Waals surface area (Å²) in [6, 6.07) is 5.51. The van der Waals surface area contributed by atoms with Crippen molar-refractivity contribution in [2.24, 2.45) is 0 Å². The summed E-state index contributed by atoms with van der Waals surface area (Å²) in [5.41, 5.74) is 0.867. The van der Waals surface area contributed by atoms with E-state index in [0.717, 1.165) is 25.9 Å². The van der Waals surface area contributed by atoms with Crippen molar-refractivity contribution in [1.29, 1.82) is 0 Å². The Morgan fingerprint density at radius 1 is 1.27 bits per heavy atom. The highest BCUT2D eigenvalue weighted by molar-refractivity contribution is 5.96. The maximum absolute atomic E-state index is 12.2. The minimum Gasteiger partial charge on any atom is -0.366 e. The zero-order chi connectivity index (χ0) is 19.4. The van der Waals surface area contributed by atoms with E-state index in [9.17, 15) is 14.9 Å². The Hall–Kier alpha value is -2.15. The van der Waals surface area contributed by atoms with Crippen LogP contribution in [0.1, 0.15) is 50.9 Å². The molecule has 0 radical (unpaired) electrons. The first kappa shape index (κ1) is 20.2. The maximum Gasteiger partial charge on any atom is 0.293 e. The van der Waals surface area contributed by atoms with Crippen LogP contribution in [0.4, 0.5) is 11.4 Å². The van der Waals surface area contributed by atoms with E-state index in [-0.39, 0.29) is 23.7 Å². The Bertz CT molecular complexity index is 652. The van der Waals surface area contributed by atoms with Gasteiger partial charge < -0.3 is 15.1 Å². The first-order valence-electron chi connectivity index (χ1n) is 9.27. The smallest absolute Gasteiger partial charge is 0.293 e. The lowest BCUT2D eigenvalue weighted by molar-refractivity contribution is -0.384. The van der Waals surface area contributed by atoms with E-state index in [2.05, 4.69) is 24.1 Å². The molecule has 7 nitrogen and oxygen atoms in total. The molecule has 0 unspecified atom stereocenters. The molecule has 2 rings (SSSR count). The van der Waals surface area contributed by atoms with E-state index < -0.39 is 4.92 Å². The highest BCUT2D eigenvalue weighted by Gasteiger charge is 2.28. The molecule has 1 heterocycles. The van der Waals surface area contributed by atoms with Gasteiger partial charge in [0.15, 0.2) is 0 Å². The Morgan fingerprint density at radius 3 is 2.38 bits per heavy atom. The standard InChI is InChI=1S/C19H30N4O3/c1-13(2)20-19(24)15-6-7-17(18(12-15)23(25)26)21(5)16-8-10-22(11-9-16)14(3)4/h6-7,12-14,16H,8-11H2,1-5H3,(H,20,24). The molecule has 1 N–H and O–H groups in total. The Balaban J connectivity index is 2.20. The molecular weight excluding hydrogens is 332 g/mol. The normalized spacial score (nSPS) is 16.1. The number of hydrogen-bond acceptors (Lipinski definition) is 5. The van der Waals surface area contributed by atoms with Gasteiger partial charge in [0.25, 0.3) is 11.6 Å². The molecule has 0 saturated carbocycles. The van der Waals surface area contributed by atoms with E-state index in [4.69, 9.17) is 0 Å². The lowest BCUT2D eigenvalue weighted by Gasteiger charge is -2.39. The molecule has 26 heavy (non-hydrogen) atoms. The van der Waals surface area contributed by atoms with Gasteiger partial charge >= 0.3 is 0 Å². The predicted octanol–water partition coefficient (Wildman–Crippen LogP) is 3.04. The van der Waals surface area contributed by atoms with Crippen LogP contribution in [0.3, 0.4) is 0 Å². The number of piperidine rings is 1. The quantitative estimate of drug-likeness (QED) is 0.621. The third-order valence-corrected chi connectivity index (χ3v) is 5.01. The SMILES string of the molecule is CC(C)NC(=O)c1ccc(N(C)C2CCN(C(C)C)CC2)c([N+](=O)[O-])c1. The lowest BCUT2D eigenvalue weighted by Crippen LogP contribution is -2.45. The van der Waals surface area contributed by atoms with Crippen LogP contribution in [0.2, 0.25) is 0 Å². The summed E-state index contributed by atoms with van der Waals surface area (Å²) in [5.74, 6) is -0.289. The average molecular weight is 362 g/mol.